The standard InChI is InChI=1S/C38H26N6O2/c45-35-41-37(31-7-3-1-4-8-31)38(32-9-5-2-6-10-32)43(35)25-33-29(13-11-27-17-21-39-22-18-27)15-16-30(14-12-28-19-23-40-24-20-28)34(33)26-44(38)36(46)42-37/h1-10,15-24H,25-26H2,(H,41,45)(H,42,46). The number of aromatic nitrogens is 2. The summed E-state index contributed by atoms with van der Waals surface area (Å²) in [5.74, 6) is 13.2. The molecule has 0 bridgehead atoms. The molecule has 220 valence electrons. The number of hydrogen-bond donors (Lipinski definition) is 2. The monoisotopic (exact) mass is 598 g/mol. The number of fused-ring (bicyclic) bond motifs is 1. The Kier molecular flexibility index (Phi) is 6.30. The van der Waals surface area contributed by atoms with Crippen LogP contribution in [0.2, 0.25) is 0 Å². The molecule has 0 saturated carbocycles. The van der Waals surface area contributed by atoms with Gasteiger partial charge in [-0.05, 0) is 47.5 Å². The van der Waals surface area contributed by atoms with Gasteiger partial charge in [0.2, 0.25) is 0 Å². The maximum atomic E-state index is 14.3. The molecule has 5 aromatic rings. The molecule has 5 heterocycles. The summed E-state index contributed by atoms with van der Waals surface area (Å²) in [7, 11) is 0. The molecule has 4 amide bonds. The van der Waals surface area contributed by atoms with Gasteiger partial charge in [0, 0.05) is 58.2 Å². The van der Waals surface area contributed by atoms with Crippen molar-refractivity contribution in [3.63, 3.8) is 0 Å². The number of amides is 4. The van der Waals surface area contributed by atoms with E-state index in [9.17, 15) is 9.59 Å². The second kappa shape index (κ2) is 10.7. The van der Waals surface area contributed by atoms with E-state index in [2.05, 4.69) is 44.3 Å². The highest BCUT2D eigenvalue weighted by atomic mass is 16.2. The van der Waals surface area contributed by atoms with Gasteiger partial charge in [0.1, 0.15) is 0 Å². The number of nitrogens with one attached hydrogen (secondary N) is 2. The summed E-state index contributed by atoms with van der Waals surface area (Å²) >= 11 is 0. The summed E-state index contributed by atoms with van der Waals surface area (Å²) < 4.78 is 0. The Morgan fingerprint density at radius 3 is 1.43 bits per heavy atom. The maximum Gasteiger partial charge on any atom is 0.322 e. The number of pyridine rings is 2. The average Bonchev–Trinajstić information content (AvgIpc) is 3.40. The number of nitrogens with zero attached hydrogens (tertiary/aromatic N) is 4. The molecule has 8 rings (SSSR count). The zero-order valence-corrected chi connectivity index (χ0v) is 24.6. The van der Waals surface area contributed by atoms with Crippen LogP contribution in [0.15, 0.2) is 122 Å². The third-order valence-electron chi connectivity index (χ3n) is 8.87. The molecule has 2 N–H and O–H groups in total. The smallest absolute Gasteiger partial charge is 0.307 e. The average molecular weight is 599 g/mol. The van der Waals surface area contributed by atoms with Crippen molar-refractivity contribution < 1.29 is 9.59 Å². The molecule has 2 saturated heterocycles. The molecule has 0 spiro atoms. The van der Waals surface area contributed by atoms with Gasteiger partial charge in [0.25, 0.3) is 0 Å². The van der Waals surface area contributed by atoms with Crippen molar-refractivity contribution in [3.8, 4) is 23.7 Å². The van der Waals surface area contributed by atoms with Gasteiger partial charge in [0.05, 0.1) is 13.1 Å². The summed E-state index contributed by atoms with van der Waals surface area (Å²) in [6.07, 6.45) is 6.82. The second-order valence-electron chi connectivity index (χ2n) is 11.3. The molecule has 0 radical (unpaired) electrons. The van der Waals surface area contributed by atoms with Crippen molar-refractivity contribution in [2.45, 2.75) is 24.4 Å². The zero-order chi connectivity index (χ0) is 31.1. The fraction of sp³-hybridized carbons (Fsp3) is 0.105. The zero-order valence-electron chi connectivity index (χ0n) is 24.6. The highest BCUT2D eigenvalue weighted by Crippen LogP contribution is 2.56. The van der Waals surface area contributed by atoms with E-state index in [-0.39, 0.29) is 25.2 Å². The Morgan fingerprint density at radius 2 is 0.978 bits per heavy atom. The molecule has 0 unspecified atom stereocenters. The molecule has 0 atom stereocenters. The van der Waals surface area contributed by atoms with Crippen molar-refractivity contribution in [1.82, 2.24) is 30.4 Å². The van der Waals surface area contributed by atoms with E-state index < -0.39 is 11.3 Å². The van der Waals surface area contributed by atoms with E-state index in [0.717, 1.165) is 44.5 Å². The van der Waals surface area contributed by atoms with Crippen molar-refractivity contribution in [2.75, 3.05) is 0 Å². The van der Waals surface area contributed by atoms with Crippen LogP contribution >= 0.6 is 0 Å². The van der Waals surface area contributed by atoms with Crippen LogP contribution in [0.3, 0.4) is 0 Å². The number of urea groups is 2. The summed E-state index contributed by atoms with van der Waals surface area (Å²) in [5, 5.41) is 6.44. The Morgan fingerprint density at radius 1 is 0.543 bits per heavy atom. The summed E-state index contributed by atoms with van der Waals surface area (Å²) in [4.78, 5) is 40.3. The van der Waals surface area contributed by atoms with Crippen LogP contribution in [0.25, 0.3) is 0 Å². The van der Waals surface area contributed by atoms with E-state index in [1.165, 1.54) is 0 Å². The summed E-state index contributed by atoms with van der Waals surface area (Å²) in [5.41, 5.74) is 3.92. The summed E-state index contributed by atoms with van der Waals surface area (Å²) in [6, 6.07) is 30.1. The second-order valence-corrected chi connectivity index (χ2v) is 11.3. The van der Waals surface area contributed by atoms with Crippen molar-refractivity contribution in [2.24, 2.45) is 0 Å². The van der Waals surface area contributed by atoms with Crippen molar-refractivity contribution in [3.05, 3.63) is 166 Å². The predicted octanol–water partition coefficient (Wildman–Crippen LogP) is 5.05. The molecular formula is C38H26N6O2. The van der Waals surface area contributed by atoms with E-state index in [0.29, 0.717) is 0 Å². The van der Waals surface area contributed by atoms with Crippen molar-refractivity contribution >= 4 is 12.1 Å². The lowest BCUT2D eigenvalue weighted by Gasteiger charge is -2.45. The Balaban J connectivity index is 1.38. The Labute approximate surface area is 266 Å². The Hall–Kier alpha value is -6.38. The topological polar surface area (TPSA) is 90.5 Å². The Bertz CT molecular complexity index is 2010. The molecule has 2 fully saturated rings. The number of carbonyl (C=O) groups is 2. The van der Waals surface area contributed by atoms with Gasteiger partial charge in [0.15, 0.2) is 11.3 Å². The molecular weight excluding hydrogens is 572 g/mol. The maximum absolute atomic E-state index is 14.3. The molecule has 3 aromatic carbocycles. The van der Waals surface area contributed by atoms with E-state index in [1.807, 2.05) is 97.1 Å². The van der Waals surface area contributed by atoms with Crippen LogP contribution in [-0.2, 0) is 24.4 Å². The van der Waals surface area contributed by atoms with Crippen LogP contribution in [0, 0.1) is 23.7 Å². The lowest BCUT2D eigenvalue weighted by Crippen LogP contribution is -2.61. The van der Waals surface area contributed by atoms with Gasteiger partial charge in [-0.25, -0.2) is 9.59 Å². The van der Waals surface area contributed by atoms with Crippen LogP contribution in [0.5, 0.6) is 0 Å². The van der Waals surface area contributed by atoms with Gasteiger partial charge in [-0.2, -0.15) is 0 Å². The molecule has 2 aromatic heterocycles. The van der Waals surface area contributed by atoms with Gasteiger partial charge in [-0.3, -0.25) is 19.8 Å². The molecule has 46 heavy (non-hydrogen) atoms. The molecule has 8 heteroatoms. The first-order valence-corrected chi connectivity index (χ1v) is 14.9. The minimum absolute atomic E-state index is 0.196. The number of rotatable bonds is 2. The molecule has 8 nitrogen and oxygen atoms in total. The highest BCUT2D eigenvalue weighted by Gasteiger charge is 2.74. The minimum atomic E-state index is -1.27. The fourth-order valence-corrected chi connectivity index (χ4v) is 6.86. The van der Waals surface area contributed by atoms with E-state index in [1.54, 1.807) is 34.6 Å². The SMILES string of the molecule is O=C1NC2(c3ccccc3)NC(=O)N3Cc4c(C#Cc5ccncc5)ccc(C#Cc5ccncc5)c4CN1C32c1ccccc1. The number of carbonyl (C=O) groups excluding carboxylic acids is 2. The summed E-state index contributed by atoms with van der Waals surface area (Å²) in [6.45, 7) is 0.391. The lowest BCUT2D eigenvalue weighted by molar-refractivity contribution is -0.0153. The molecule has 3 aliphatic rings. The first-order chi connectivity index (χ1) is 22.6. The number of hydrogen-bond acceptors (Lipinski definition) is 4. The lowest BCUT2D eigenvalue weighted by atomic mass is 9.81. The van der Waals surface area contributed by atoms with Crippen LogP contribution in [-0.4, -0.2) is 31.8 Å². The molecule has 0 aliphatic carbocycles. The van der Waals surface area contributed by atoms with Crippen LogP contribution in [0.1, 0.15) is 44.5 Å². The van der Waals surface area contributed by atoms with Gasteiger partial charge in [-0.15, -0.1) is 0 Å². The van der Waals surface area contributed by atoms with Gasteiger partial charge >= 0.3 is 12.1 Å². The fourth-order valence-electron chi connectivity index (χ4n) is 6.86. The quantitative estimate of drug-likeness (QED) is 0.279. The van der Waals surface area contributed by atoms with Crippen LogP contribution in [0.4, 0.5) is 9.59 Å². The predicted molar refractivity (Wildman–Crippen MR) is 171 cm³/mol. The van der Waals surface area contributed by atoms with E-state index >= 15 is 0 Å². The minimum Gasteiger partial charge on any atom is -0.307 e. The largest absolute Gasteiger partial charge is 0.322 e. The third kappa shape index (κ3) is 4.05. The first-order valence-electron chi connectivity index (χ1n) is 14.9. The van der Waals surface area contributed by atoms with E-state index in [4.69, 9.17) is 0 Å². The van der Waals surface area contributed by atoms with Crippen LogP contribution < -0.4 is 10.6 Å². The highest BCUT2D eigenvalue weighted by molar-refractivity contribution is 5.90. The molecule has 3 aliphatic heterocycles. The van der Waals surface area contributed by atoms with Gasteiger partial charge < -0.3 is 10.6 Å². The number of benzene rings is 3. The first kappa shape index (κ1) is 27.2. The van der Waals surface area contributed by atoms with Crippen molar-refractivity contribution in [1.29, 1.82) is 0 Å². The van der Waals surface area contributed by atoms with Gasteiger partial charge in [-0.1, -0.05) is 84.3 Å². The normalized spacial score (nSPS) is 20.6. The third-order valence-corrected chi connectivity index (χ3v) is 8.87.